The number of hydrogen-bond donors (Lipinski definition) is 1. The van der Waals surface area contributed by atoms with Crippen molar-refractivity contribution in [2.75, 3.05) is 24.8 Å². The minimum absolute atomic E-state index is 0.208. The van der Waals surface area contributed by atoms with E-state index in [0.717, 1.165) is 52.4 Å². The van der Waals surface area contributed by atoms with Crippen molar-refractivity contribution in [3.8, 4) is 11.5 Å². The molecule has 0 atom stereocenters. The van der Waals surface area contributed by atoms with Gasteiger partial charge in [-0.05, 0) is 42.7 Å². The minimum Gasteiger partial charge on any atom is -0.454 e. The fourth-order valence-electron chi connectivity index (χ4n) is 3.92. The third-order valence-electron chi connectivity index (χ3n) is 5.30. The molecule has 1 aromatic heterocycles. The van der Waals surface area contributed by atoms with Gasteiger partial charge in [0, 0.05) is 43.2 Å². The molecule has 0 radical (unpaired) electrons. The van der Waals surface area contributed by atoms with Crippen molar-refractivity contribution in [1.82, 2.24) is 10.3 Å². The number of nitrogens with zero attached hydrogens (tertiary/aromatic N) is 2. The van der Waals surface area contributed by atoms with Gasteiger partial charge in [0.05, 0.1) is 5.52 Å². The van der Waals surface area contributed by atoms with Crippen LogP contribution in [0.4, 0.5) is 10.2 Å². The molecule has 0 unspecified atom stereocenters. The average molecular weight is 379 g/mol. The minimum atomic E-state index is -0.208. The number of anilines is 1. The maximum Gasteiger partial charge on any atom is 0.231 e. The van der Waals surface area contributed by atoms with E-state index in [1.165, 1.54) is 18.9 Å². The predicted octanol–water partition coefficient (Wildman–Crippen LogP) is 3.99. The Morgan fingerprint density at radius 3 is 2.64 bits per heavy atom. The summed E-state index contributed by atoms with van der Waals surface area (Å²) >= 11 is 0. The van der Waals surface area contributed by atoms with Gasteiger partial charge in [-0.1, -0.05) is 12.1 Å². The molecule has 0 amide bonds. The van der Waals surface area contributed by atoms with E-state index < -0.39 is 0 Å². The van der Waals surface area contributed by atoms with Crippen LogP contribution in [0.25, 0.3) is 10.9 Å². The summed E-state index contributed by atoms with van der Waals surface area (Å²) in [5, 5.41) is 4.47. The first-order valence-corrected chi connectivity index (χ1v) is 9.70. The molecule has 1 saturated heterocycles. The number of hydrogen-bond acceptors (Lipinski definition) is 5. The molecule has 0 aliphatic carbocycles. The van der Waals surface area contributed by atoms with Gasteiger partial charge in [0.2, 0.25) is 6.79 Å². The maximum atomic E-state index is 13.4. The van der Waals surface area contributed by atoms with Gasteiger partial charge in [0.15, 0.2) is 11.5 Å². The summed E-state index contributed by atoms with van der Waals surface area (Å²) in [5.41, 5.74) is 2.99. The second kappa shape index (κ2) is 7.28. The number of ether oxygens (including phenoxy) is 2. The predicted molar refractivity (Wildman–Crippen MR) is 106 cm³/mol. The molecule has 3 heterocycles. The number of aromatic nitrogens is 1. The van der Waals surface area contributed by atoms with Crippen LogP contribution < -0.4 is 19.7 Å². The zero-order valence-electron chi connectivity index (χ0n) is 15.6. The molecule has 5 nitrogen and oxygen atoms in total. The highest BCUT2D eigenvalue weighted by Gasteiger charge is 2.20. The molecule has 6 heteroatoms. The highest BCUT2D eigenvalue weighted by Crippen LogP contribution is 2.37. The van der Waals surface area contributed by atoms with Gasteiger partial charge in [-0.3, -0.25) is 0 Å². The molecule has 28 heavy (non-hydrogen) atoms. The lowest BCUT2D eigenvalue weighted by molar-refractivity contribution is 0.174. The number of benzene rings is 2. The number of nitrogens with one attached hydrogen (secondary N) is 1. The van der Waals surface area contributed by atoms with Crippen LogP contribution in [0.15, 0.2) is 42.5 Å². The number of rotatable bonds is 5. The van der Waals surface area contributed by atoms with Crippen molar-refractivity contribution in [2.24, 2.45) is 0 Å². The number of fused-ring (bicyclic) bond motifs is 2. The van der Waals surface area contributed by atoms with Crippen LogP contribution in [-0.4, -0.2) is 24.9 Å². The van der Waals surface area contributed by atoms with Crippen molar-refractivity contribution in [3.63, 3.8) is 0 Å². The summed E-state index contributed by atoms with van der Waals surface area (Å²) < 4.78 is 24.4. The third kappa shape index (κ3) is 3.36. The summed E-state index contributed by atoms with van der Waals surface area (Å²) in [6, 6.07) is 12.8. The van der Waals surface area contributed by atoms with E-state index in [2.05, 4.69) is 16.3 Å². The highest BCUT2D eigenvalue weighted by molar-refractivity contribution is 5.85. The van der Waals surface area contributed by atoms with E-state index in [9.17, 15) is 4.39 Å². The molecule has 0 bridgehead atoms. The summed E-state index contributed by atoms with van der Waals surface area (Å²) in [7, 11) is 0. The standard InChI is InChI=1S/C22H22FN3O2/c23-18-5-3-4-15(8-18)12-24-13-17-9-16-10-20-21(28-14-27-20)11-19(16)25-22(17)26-6-1-2-7-26/h3-5,8-11,24H,1-2,6-7,12-14H2. The van der Waals surface area contributed by atoms with Crippen LogP contribution >= 0.6 is 0 Å². The topological polar surface area (TPSA) is 46.6 Å². The van der Waals surface area contributed by atoms with Gasteiger partial charge in [0.25, 0.3) is 0 Å². The summed E-state index contributed by atoms with van der Waals surface area (Å²) in [6.45, 7) is 3.59. The van der Waals surface area contributed by atoms with E-state index in [-0.39, 0.29) is 12.6 Å². The van der Waals surface area contributed by atoms with E-state index in [0.29, 0.717) is 13.1 Å². The number of halogens is 1. The molecule has 1 N–H and O–H groups in total. The average Bonchev–Trinajstić information content (AvgIpc) is 3.37. The van der Waals surface area contributed by atoms with Gasteiger partial charge < -0.3 is 19.7 Å². The Hall–Kier alpha value is -2.86. The van der Waals surface area contributed by atoms with Crippen molar-refractivity contribution in [2.45, 2.75) is 25.9 Å². The van der Waals surface area contributed by atoms with Gasteiger partial charge in [-0.2, -0.15) is 0 Å². The van der Waals surface area contributed by atoms with Gasteiger partial charge in [-0.25, -0.2) is 9.37 Å². The largest absolute Gasteiger partial charge is 0.454 e. The third-order valence-corrected chi connectivity index (χ3v) is 5.30. The molecule has 2 aliphatic heterocycles. The van der Waals surface area contributed by atoms with E-state index in [1.54, 1.807) is 12.1 Å². The molecule has 1 fully saturated rings. The lowest BCUT2D eigenvalue weighted by Crippen LogP contribution is -2.23. The van der Waals surface area contributed by atoms with Crippen molar-refractivity contribution < 1.29 is 13.9 Å². The zero-order chi connectivity index (χ0) is 18.9. The first-order chi connectivity index (χ1) is 13.8. The zero-order valence-corrected chi connectivity index (χ0v) is 15.6. The van der Waals surface area contributed by atoms with Gasteiger partial charge in [-0.15, -0.1) is 0 Å². The van der Waals surface area contributed by atoms with Crippen molar-refractivity contribution >= 4 is 16.7 Å². The second-order valence-corrected chi connectivity index (χ2v) is 7.30. The fraction of sp³-hybridized carbons (Fsp3) is 0.318. The Balaban J connectivity index is 1.44. The Kier molecular flexibility index (Phi) is 4.49. The maximum absolute atomic E-state index is 13.4. The molecular weight excluding hydrogens is 357 g/mol. The van der Waals surface area contributed by atoms with Crippen LogP contribution in [0.5, 0.6) is 11.5 Å². The molecule has 5 rings (SSSR count). The van der Waals surface area contributed by atoms with Crippen molar-refractivity contribution in [3.05, 3.63) is 59.4 Å². The summed E-state index contributed by atoms with van der Waals surface area (Å²) in [5.74, 6) is 2.34. The monoisotopic (exact) mass is 379 g/mol. The summed E-state index contributed by atoms with van der Waals surface area (Å²) in [4.78, 5) is 7.32. The van der Waals surface area contributed by atoms with Crippen molar-refractivity contribution in [1.29, 1.82) is 0 Å². The fourth-order valence-corrected chi connectivity index (χ4v) is 3.92. The van der Waals surface area contributed by atoms with Crippen LogP contribution in [0, 0.1) is 5.82 Å². The Bertz CT molecular complexity index is 1020. The van der Waals surface area contributed by atoms with Crippen LogP contribution in [-0.2, 0) is 13.1 Å². The van der Waals surface area contributed by atoms with Crippen LogP contribution in [0.2, 0.25) is 0 Å². The van der Waals surface area contributed by atoms with E-state index in [4.69, 9.17) is 14.5 Å². The van der Waals surface area contributed by atoms with Gasteiger partial charge in [0.1, 0.15) is 11.6 Å². The van der Waals surface area contributed by atoms with Gasteiger partial charge >= 0.3 is 0 Å². The lowest BCUT2D eigenvalue weighted by Gasteiger charge is -2.21. The number of pyridine rings is 1. The Labute approximate surface area is 163 Å². The smallest absolute Gasteiger partial charge is 0.231 e. The lowest BCUT2D eigenvalue weighted by atomic mass is 10.1. The normalized spacial score (nSPS) is 15.5. The SMILES string of the molecule is Fc1cccc(CNCc2cc3cc4c(cc3nc2N2CCCC2)OCO4)c1. The molecule has 144 valence electrons. The van der Waals surface area contributed by atoms with E-state index >= 15 is 0 Å². The molecule has 0 spiro atoms. The molecule has 0 saturated carbocycles. The molecule has 3 aromatic rings. The Morgan fingerprint density at radius 2 is 1.82 bits per heavy atom. The quantitative estimate of drug-likeness (QED) is 0.726. The summed E-state index contributed by atoms with van der Waals surface area (Å²) in [6.07, 6.45) is 2.38. The molecule has 2 aliphatic rings. The first kappa shape index (κ1) is 17.3. The highest BCUT2D eigenvalue weighted by atomic mass is 19.1. The first-order valence-electron chi connectivity index (χ1n) is 9.70. The Morgan fingerprint density at radius 1 is 1.00 bits per heavy atom. The molecule has 2 aromatic carbocycles. The van der Waals surface area contributed by atoms with Crippen LogP contribution in [0.3, 0.4) is 0 Å². The van der Waals surface area contributed by atoms with E-state index in [1.807, 2.05) is 18.2 Å². The van der Waals surface area contributed by atoms with Crippen LogP contribution in [0.1, 0.15) is 24.0 Å². The second-order valence-electron chi connectivity index (χ2n) is 7.30. The molecular formula is C22H22FN3O2.